The molecule has 2 rings (SSSR count). The summed E-state index contributed by atoms with van der Waals surface area (Å²) in [6.45, 7) is 0. The van der Waals surface area contributed by atoms with Crippen LogP contribution in [0.25, 0.3) is 11.0 Å². The summed E-state index contributed by atoms with van der Waals surface area (Å²) in [5, 5.41) is 24.2. The van der Waals surface area contributed by atoms with E-state index in [-0.39, 0.29) is 6.42 Å². The fourth-order valence-corrected chi connectivity index (χ4v) is 1.16. The second-order valence-corrected chi connectivity index (χ2v) is 3.58. The molecule has 0 aliphatic heterocycles. The number of para-hydroxylation sites is 1. The summed E-state index contributed by atoms with van der Waals surface area (Å²) in [6.07, 6.45) is -0.310. The fraction of sp³-hybridized carbons (Fsp3) is 0.200. The third-order valence-electron chi connectivity index (χ3n) is 2.07. The Bertz CT molecular complexity index is 582. The summed E-state index contributed by atoms with van der Waals surface area (Å²) in [5.41, 5.74) is 10.9. The molecule has 9 heteroatoms. The summed E-state index contributed by atoms with van der Waals surface area (Å²) in [5.74, 6) is -1.92. The summed E-state index contributed by atoms with van der Waals surface area (Å²) in [7, 11) is 0. The smallest absolute Gasteiger partial charge is 0.321 e. The normalized spacial score (nSPS) is 11.4. The lowest BCUT2D eigenvalue weighted by Crippen LogP contribution is -2.34. The predicted molar refractivity (Wildman–Crippen MR) is 64.1 cm³/mol. The number of hydrogen-bond acceptors (Lipinski definition) is 6. The average molecular weight is 267 g/mol. The van der Waals surface area contributed by atoms with Crippen LogP contribution in [0.5, 0.6) is 0 Å². The number of rotatable bonds is 3. The largest absolute Gasteiger partial charge is 0.480 e. The Labute approximate surface area is 107 Å². The highest BCUT2D eigenvalue weighted by molar-refractivity contribution is 5.83. The van der Waals surface area contributed by atoms with Crippen molar-refractivity contribution in [1.82, 2.24) is 15.2 Å². The van der Waals surface area contributed by atoms with Gasteiger partial charge in [-0.2, -0.15) is 0 Å². The minimum Gasteiger partial charge on any atom is -0.480 e. The molecule has 0 fully saturated rings. The first kappa shape index (κ1) is 14.4. The second kappa shape index (κ2) is 6.31. The number of hydrogen-bond donors (Lipinski definition) is 4. The van der Waals surface area contributed by atoms with E-state index in [4.69, 9.17) is 16.0 Å². The maximum absolute atomic E-state index is 9.99. The number of aliphatic carboxylic acids is 1. The molecule has 0 aliphatic rings. The van der Waals surface area contributed by atoms with Gasteiger partial charge in [0, 0.05) is 0 Å². The number of nitrogens with two attached hydrogens (primary N) is 2. The molecular formula is C10H13N5O4. The second-order valence-electron chi connectivity index (χ2n) is 3.58. The van der Waals surface area contributed by atoms with E-state index in [0.29, 0.717) is 11.0 Å². The number of carboxylic acid groups (broad SMARTS) is 1. The Morgan fingerprint density at radius 3 is 2.47 bits per heavy atom. The Hall–Kier alpha value is -2.68. The van der Waals surface area contributed by atoms with Crippen molar-refractivity contribution in [2.75, 3.05) is 0 Å². The zero-order valence-corrected chi connectivity index (χ0v) is 9.80. The standard InChI is InChI=1S/C6H5N3O.C4H8N2O3/c10-9-6-4-2-1-3-5(6)7-8-9;5-2(4(8)9)1-3(6)7/h1-4,10H;2H,1,5H2,(H2,6,7)(H,8,9)/t;2-/m.0/s1. The Kier molecular flexibility index (Phi) is 4.77. The number of fused-ring (bicyclic) bond motifs is 1. The van der Waals surface area contributed by atoms with Gasteiger partial charge in [-0.05, 0) is 17.3 Å². The van der Waals surface area contributed by atoms with Crippen molar-refractivity contribution in [3.63, 3.8) is 0 Å². The molecule has 1 atom stereocenters. The highest BCUT2D eigenvalue weighted by Gasteiger charge is 2.13. The van der Waals surface area contributed by atoms with Crippen LogP contribution >= 0.6 is 0 Å². The molecular weight excluding hydrogens is 254 g/mol. The van der Waals surface area contributed by atoms with Crippen LogP contribution in [-0.2, 0) is 9.59 Å². The fourth-order valence-electron chi connectivity index (χ4n) is 1.16. The highest BCUT2D eigenvalue weighted by Crippen LogP contribution is 2.06. The summed E-state index contributed by atoms with van der Waals surface area (Å²) in [4.78, 5) is 20.7. The van der Waals surface area contributed by atoms with Crippen LogP contribution in [0.1, 0.15) is 6.42 Å². The molecule has 102 valence electrons. The van der Waals surface area contributed by atoms with Gasteiger partial charge in [-0.1, -0.05) is 17.0 Å². The van der Waals surface area contributed by atoms with E-state index in [1.165, 1.54) is 0 Å². The summed E-state index contributed by atoms with van der Waals surface area (Å²) < 4.78 is 0. The van der Waals surface area contributed by atoms with Gasteiger partial charge < -0.3 is 21.8 Å². The van der Waals surface area contributed by atoms with Gasteiger partial charge >= 0.3 is 5.97 Å². The SMILES string of the molecule is NC(=O)C[C@H](N)C(=O)O.On1nnc2ccccc21. The summed E-state index contributed by atoms with van der Waals surface area (Å²) in [6, 6.07) is 6.03. The molecule has 0 bridgehead atoms. The summed E-state index contributed by atoms with van der Waals surface area (Å²) >= 11 is 0. The number of carbonyl (C=O) groups is 2. The van der Waals surface area contributed by atoms with Crippen LogP contribution in [0.2, 0.25) is 0 Å². The van der Waals surface area contributed by atoms with Crippen LogP contribution in [0.15, 0.2) is 24.3 Å². The molecule has 0 radical (unpaired) electrons. The first-order valence-electron chi connectivity index (χ1n) is 5.18. The van der Waals surface area contributed by atoms with Gasteiger partial charge in [-0.15, -0.1) is 5.10 Å². The number of nitrogens with zero attached hydrogens (tertiary/aromatic N) is 3. The molecule has 1 amide bonds. The van der Waals surface area contributed by atoms with Gasteiger partial charge in [0.25, 0.3) is 0 Å². The van der Waals surface area contributed by atoms with Crippen molar-refractivity contribution >= 4 is 22.9 Å². The van der Waals surface area contributed by atoms with E-state index < -0.39 is 17.9 Å². The van der Waals surface area contributed by atoms with E-state index in [1.54, 1.807) is 12.1 Å². The van der Waals surface area contributed by atoms with Crippen molar-refractivity contribution in [3.05, 3.63) is 24.3 Å². The van der Waals surface area contributed by atoms with E-state index in [2.05, 4.69) is 16.0 Å². The maximum Gasteiger partial charge on any atom is 0.321 e. The third kappa shape index (κ3) is 4.24. The minimum absolute atomic E-state index is 0.310. The molecule has 19 heavy (non-hydrogen) atoms. The molecule has 9 nitrogen and oxygen atoms in total. The van der Waals surface area contributed by atoms with Gasteiger partial charge in [0.15, 0.2) is 0 Å². The monoisotopic (exact) mass is 267 g/mol. The topological polar surface area (TPSA) is 157 Å². The minimum atomic E-state index is -1.21. The Balaban J connectivity index is 0.000000192. The number of carboxylic acids is 1. The molecule has 2 aromatic rings. The molecule has 6 N–H and O–H groups in total. The van der Waals surface area contributed by atoms with Gasteiger partial charge in [0.1, 0.15) is 17.1 Å². The van der Waals surface area contributed by atoms with Crippen LogP contribution in [0.3, 0.4) is 0 Å². The number of primary amides is 1. The van der Waals surface area contributed by atoms with Gasteiger partial charge in [0.05, 0.1) is 6.42 Å². The molecule has 0 unspecified atom stereocenters. The van der Waals surface area contributed by atoms with Gasteiger partial charge in [-0.25, -0.2) is 0 Å². The third-order valence-corrected chi connectivity index (χ3v) is 2.07. The van der Waals surface area contributed by atoms with Gasteiger partial charge in [0.2, 0.25) is 5.91 Å². The lowest BCUT2D eigenvalue weighted by Gasteiger charge is -1.99. The van der Waals surface area contributed by atoms with Crippen LogP contribution in [0.4, 0.5) is 0 Å². The number of amides is 1. The maximum atomic E-state index is 9.99. The number of aromatic nitrogens is 3. The number of carbonyl (C=O) groups excluding carboxylic acids is 1. The Morgan fingerprint density at radius 2 is 2.00 bits per heavy atom. The molecule has 1 aromatic carbocycles. The first-order chi connectivity index (χ1) is 8.91. The van der Waals surface area contributed by atoms with Crippen molar-refractivity contribution in [2.45, 2.75) is 12.5 Å². The molecule has 0 saturated carbocycles. The molecule has 1 heterocycles. The van der Waals surface area contributed by atoms with Crippen molar-refractivity contribution in [3.8, 4) is 0 Å². The lowest BCUT2D eigenvalue weighted by atomic mass is 10.2. The van der Waals surface area contributed by atoms with E-state index in [9.17, 15) is 9.59 Å². The zero-order valence-electron chi connectivity index (χ0n) is 9.80. The van der Waals surface area contributed by atoms with E-state index in [0.717, 1.165) is 4.85 Å². The van der Waals surface area contributed by atoms with Crippen LogP contribution < -0.4 is 11.5 Å². The molecule has 0 saturated heterocycles. The van der Waals surface area contributed by atoms with Crippen molar-refractivity contribution < 1.29 is 19.9 Å². The quantitative estimate of drug-likeness (QED) is 0.516. The van der Waals surface area contributed by atoms with Gasteiger partial charge in [-0.3, -0.25) is 9.59 Å². The van der Waals surface area contributed by atoms with E-state index >= 15 is 0 Å². The molecule has 1 aromatic heterocycles. The first-order valence-corrected chi connectivity index (χ1v) is 5.18. The van der Waals surface area contributed by atoms with Crippen molar-refractivity contribution in [2.24, 2.45) is 11.5 Å². The van der Waals surface area contributed by atoms with E-state index in [1.807, 2.05) is 12.1 Å². The predicted octanol–water partition coefficient (Wildman–Crippen LogP) is -1.06. The van der Waals surface area contributed by atoms with Crippen LogP contribution in [0, 0.1) is 0 Å². The van der Waals surface area contributed by atoms with Crippen molar-refractivity contribution in [1.29, 1.82) is 0 Å². The lowest BCUT2D eigenvalue weighted by molar-refractivity contribution is -0.140. The zero-order chi connectivity index (χ0) is 14.4. The average Bonchev–Trinajstić information content (AvgIpc) is 2.72. The number of benzene rings is 1. The molecule has 0 spiro atoms. The van der Waals surface area contributed by atoms with Crippen LogP contribution in [-0.4, -0.2) is 43.4 Å². The highest BCUT2D eigenvalue weighted by atomic mass is 16.5. The molecule has 0 aliphatic carbocycles. The Morgan fingerprint density at radius 1 is 1.37 bits per heavy atom.